The number of hydrogen-bond acceptors (Lipinski definition) is 3. The molecular formula is C25H32Cl2N2O2S. The van der Waals surface area contributed by atoms with Gasteiger partial charge in [-0.1, -0.05) is 72.9 Å². The zero-order valence-electron chi connectivity index (χ0n) is 19.2. The minimum Gasteiger partial charge on any atom is -0.352 e. The Balaban J connectivity index is 2.17. The summed E-state index contributed by atoms with van der Waals surface area (Å²) < 4.78 is 0. The summed E-state index contributed by atoms with van der Waals surface area (Å²) in [5.74, 6) is 0.838. The van der Waals surface area contributed by atoms with Crippen molar-refractivity contribution in [2.75, 3.05) is 5.75 Å². The highest BCUT2D eigenvalue weighted by molar-refractivity contribution is 7.99. The summed E-state index contributed by atoms with van der Waals surface area (Å²) in [6.45, 7) is 8.27. The molecular weight excluding hydrogens is 463 g/mol. The third kappa shape index (κ3) is 8.02. The first kappa shape index (κ1) is 26.6. The summed E-state index contributed by atoms with van der Waals surface area (Å²) in [6.07, 6.45) is 1.35. The molecule has 4 nitrogen and oxygen atoms in total. The number of amides is 2. The van der Waals surface area contributed by atoms with Crippen LogP contribution < -0.4 is 5.32 Å². The van der Waals surface area contributed by atoms with Crippen molar-refractivity contribution >= 4 is 46.8 Å². The minimum absolute atomic E-state index is 0.0502. The number of thioether (sulfide) groups is 1. The van der Waals surface area contributed by atoms with Gasteiger partial charge in [-0.3, -0.25) is 9.59 Å². The van der Waals surface area contributed by atoms with E-state index in [1.807, 2.05) is 32.9 Å². The Kier molecular flexibility index (Phi) is 10.9. The van der Waals surface area contributed by atoms with Crippen molar-refractivity contribution in [1.82, 2.24) is 10.2 Å². The second kappa shape index (κ2) is 13.1. The number of halogens is 2. The van der Waals surface area contributed by atoms with Crippen LogP contribution in [0.3, 0.4) is 0 Å². The van der Waals surface area contributed by atoms with Crippen LogP contribution >= 0.6 is 35.0 Å². The Morgan fingerprint density at radius 3 is 2.41 bits per heavy atom. The first-order chi connectivity index (χ1) is 15.2. The van der Waals surface area contributed by atoms with Gasteiger partial charge in [0.25, 0.3) is 0 Å². The Bertz CT molecular complexity index is 923. The van der Waals surface area contributed by atoms with E-state index in [-0.39, 0.29) is 17.9 Å². The van der Waals surface area contributed by atoms with Crippen molar-refractivity contribution < 1.29 is 9.59 Å². The third-order valence-electron chi connectivity index (χ3n) is 5.30. The van der Waals surface area contributed by atoms with Crippen molar-refractivity contribution in [3.8, 4) is 0 Å². The van der Waals surface area contributed by atoms with Crippen LogP contribution in [-0.2, 0) is 21.9 Å². The molecule has 0 aromatic heterocycles. The second-order valence-corrected chi connectivity index (χ2v) is 9.79. The summed E-state index contributed by atoms with van der Waals surface area (Å²) in [7, 11) is 0. The van der Waals surface area contributed by atoms with Gasteiger partial charge >= 0.3 is 0 Å². The Morgan fingerprint density at radius 2 is 1.78 bits per heavy atom. The van der Waals surface area contributed by atoms with Gasteiger partial charge in [-0.25, -0.2) is 0 Å². The van der Waals surface area contributed by atoms with Gasteiger partial charge < -0.3 is 10.2 Å². The predicted octanol–water partition coefficient (Wildman–Crippen LogP) is 6.26. The van der Waals surface area contributed by atoms with Crippen molar-refractivity contribution in [2.45, 2.75) is 64.9 Å². The van der Waals surface area contributed by atoms with Crippen molar-refractivity contribution in [2.24, 2.45) is 0 Å². The average molecular weight is 496 g/mol. The molecule has 0 saturated carbocycles. The molecule has 0 spiro atoms. The normalized spacial score (nSPS) is 12.8. The van der Waals surface area contributed by atoms with Crippen LogP contribution in [0.1, 0.15) is 50.3 Å². The number of nitrogens with zero attached hydrogens (tertiary/aromatic N) is 1. The zero-order valence-corrected chi connectivity index (χ0v) is 21.5. The predicted molar refractivity (Wildman–Crippen MR) is 136 cm³/mol. The highest BCUT2D eigenvalue weighted by atomic mass is 35.5. The molecule has 0 radical (unpaired) electrons. The van der Waals surface area contributed by atoms with E-state index in [2.05, 4.69) is 30.4 Å². The number of carbonyl (C=O) groups is 2. The number of rotatable bonds is 11. The largest absolute Gasteiger partial charge is 0.352 e. The quantitative estimate of drug-likeness (QED) is 0.401. The van der Waals surface area contributed by atoms with Crippen LogP contribution in [0.2, 0.25) is 10.0 Å². The van der Waals surface area contributed by atoms with Crippen LogP contribution in [0.4, 0.5) is 0 Å². The monoisotopic (exact) mass is 494 g/mol. The maximum absolute atomic E-state index is 13.3. The van der Waals surface area contributed by atoms with Crippen LogP contribution in [0.15, 0.2) is 42.5 Å². The van der Waals surface area contributed by atoms with Crippen LogP contribution in [0.25, 0.3) is 0 Å². The highest BCUT2D eigenvalue weighted by Gasteiger charge is 2.29. The first-order valence-electron chi connectivity index (χ1n) is 10.9. The standard InChI is InChI=1S/C25H32Cl2N2O2S/c1-5-18(4)28-25(31)23(6-2)29(14-19-10-11-21(26)22(27)13-19)24(30)16-32-15-20-9-7-8-17(3)12-20/h7-13,18,23H,5-6,14-16H2,1-4H3,(H,28,31). The third-order valence-corrected chi connectivity index (χ3v) is 7.03. The summed E-state index contributed by atoms with van der Waals surface area (Å²) >= 11 is 13.8. The van der Waals surface area contributed by atoms with Crippen LogP contribution in [-0.4, -0.2) is 34.6 Å². The molecule has 174 valence electrons. The molecule has 2 rings (SSSR count). The average Bonchev–Trinajstić information content (AvgIpc) is 2.75. The smallest absolute Gasteiger partial charge is 0.243 e. The van der Waals surface area contributed by atoms with Gasteiger partial charge in [-0.15, -0.1) is 11.8 Å². The van der Waals surface area contributed by atoms with Gasteiger partial charge in [0.15, 0.2) is 0 Å². The molecule has 0 saturated heterocycles. The molecule has 2 atom stereocenters. The van der Waals surface area contributed by atoms with Crippen molar-refractivity contribution in [3.63, 3.8) is 0 Å². The fourth-order valence-electron chi connectivity index (χ4n) is 3.34. The molecule has 0 bridgehead atoms. The van der Waals surface area contributed by atoms with Gasteiger partial charge in [0, 0.05) is 18.3 Å². The Labute approximate surface area is 206 Å². The van der Waals surface area contributed by atoms with E-state index in [9.17, 15) is 9.59 Å². The summed E-state index contributed by atoms with van der Waals surface area (Å²) in [6, 6.07) is 13.1. The number of hydrogen-bond donors (Lipinski definition) is 1. The van der Waals surface area contributed by atoms with E-state index in [1.165, 1.54) is 11.1 Å². The van der Waals surface area contributed by atoms with Crippen LogP contribution in [0, 0.1) is 6.92 Å². The maximum atomic E-state index is 13.3. The summed E-state index contributed by atoms with van der Waals surface area (Å²) in [5.41, 5.74) is 3.22. The van der Waals surface area contributed by atoms with E-state index < -0.39 is 6.04 Å². The van der Waals surface area contributed by atoms with E-state index in [0.29, 0.717) is 28.8 Å². The highest BCUT2D eigenvalue weighted by Crippen LogP contribution is 2.24. The number of benzene rings is 2. The number of nitrogens with one attached hydrogen (secondary N) is 1. The lowest BCUT2D eigenvalue weighted by Crippen LogP contribution is -2.51. The molecule has 0 aliphatic carbocycles. The van der Waals surface area contributed by atoms with Gasteiger partial charge in [-0.2, -0.15) is 0 Å². The van der Waals surface area contributed by atoms with Crippen molar-refractivity contribution in [3.05, 3.63) is 69.2 Å². The minimum atomic E-state index is -0.550. The molecule has 0 aliphatic heterocycles. The van der Waals surface area contributed by atoms with E-state index in [4.69, 9.17) is 23.2 Å². The van der Waals surface area contributed by atoms with Crippen molar-refractivity contribution in [1.29, 1.82) is 0 Å². The lowest BCUT2D eigenvalue weighted by atomic mass is 10.1. The van der Waals surface area contributed by atoms with E-state index in [0.717, 1.165) is 17.7 Å². The molecule has 1 N–H and O–H groups in total. The topological polar surface area (TPSA) is 49.4 Å². The van der Waals surface area contributed by atoms with Gasteiger partial charge in [0.05, 0.1) is 15.8 Å². The molecule has 2 aromatic rings. The van der Waals surface area contributed by atoms with Crippen LogP contribution in [0.5, 0.6) is 0 Å². The SMILES string of the molecule is CCC(C)NC(=O)C(CC)N(Cc1ccc(Cl)c(Cl)c1)C(=O)CSCc1cccc(C)c1. The lowest BCUT2D eigenvalue weighted by molar-refractivity contribution is -0.139. The van der Waals surface area contributed by atoms with Gasteiger partial charge in [-0.05, 0) is 49.9 Å². The first-order valence-corrected chi connectivity index (χ1v) is 12.8. The maximum Gasteiger partial charge on any atom is 0.243 e. The van der Waals surface area contributed by atoms with Gasteiger partial charge in [0.1, 0.15) is 6.04 Å². The van der Waals surface area contributed by atoms with E-state index in [1.54, 1.807) is 28.8 Å². The molecule has 7 heteroatoms. The molecule has 2 amide bonds. The Morgan fingerprint density at radius 1 is 1.03 bits per heavy atom. The zero-order chi connectivity index (χ0) is 23.7. The molecule has 2 unspecified atom stereocenters. The summed E-state index contributed by atoms with van der Waals surface area (Å²) in [4.78, 5) is 27.9. The lowest BCUT2D eigenvalue weighted by Gasteiger charge is -2.31. The second-order valence-electron chi connectivity index (χ2n) is 7.99. The molecule has 2 aromatic carbocycles. The molecule has 32 heavy (non-hydrogen) atoms. The van der Waals surface area contributed by atoms with E-state index >= 15 is 0 Å². The molecule has 0 fully saturated rings. The Hall–Kier alpha value is -1.69. The summed E-state index contributed by atoms with van der Waals surface area (Å²) in [5, 5.41) is 3.92. The number of aryl methyl sites for hydroxylation is 1. The number of carbonyl (C=O) groups excluding carboxylic acids is 2. The van der Waals surface area contributed by atoms with Gasteiger partial charge in [0.2, 0.25) is 11.8 Å². The molecule has 0 heterocycles. The fourth-order valence-corrected chi connectivity index (χ4v) is 4.51. The fraction of sp³-hybridized carbons (Fsp3) is 0.440. The molecule has 0 aliphatic rings.